The SMILES string of the molecule is CC[C@H]1CCC(=O)CC(=O)C2=Cc3cc(OC)c(O)c(c3CC2)Cc2cc(c3ccccc3c2)CC1. The monoisotopic (exact) mass is 482 g/mol. The van der Waals surface area contributed by atoms with Gasteiger partial charge in [0.1, 0.15) is 5.78 Å². The summed E-state index contributed by atoms with van der Waals surface area (Å²) in [5.41, 5.74) is 5.98. The molecule has 0 saturated heterocycles. The van der Waals surface area contributed by atoms with Crippen LogP contribution in [0.25, 0.3) is 16.8 Å². The molecule has 0 radical (unpaired) electrons. The van der Waals surface area contributed by atoms with Gasteiger partial charge in [-0.3, -0.25) is 9.59 Å². The van der Waals surface area contributed by atoms with Crippen molar-refractivity contribution in [3.05, 3.63) is 75.9 Å². The Bertz CT molecular complexity index is 1360. The number of hydrogen-bond acceptors (Lipinski definition) is 4. The summed E-state index contributed by atoms with van der Waals surface area (Å²) in [6, 6.07) is 14.8. The second-order valence-corrected chi connectivity index (χ2v) is 10.3. The molecule has 0 amide bonds. The molecule has 3 aliphatic carbocycles. The van der Waals surface area contributed by atoms with Crippen LogP contribution in [-0.2, 0) is 28.9 Å². The molecule has 1 N–H and O–H groups in total. The minimum atomic E-state index is -0.0745. The molecule has 3 aromatic carbocycles. The fourth-order valence-corrected chi connectivity index (χ4v) is 5.90. The summed E-state index contributed by atoms with van der Waals surface area (Å²) >= 11 is 0. The normalized spacial score (nSPS) is 18.7. The van der Waals surface area contributed by atoms with Gasteiger partial charge < -0.3 is 9.84 Å². The third-order valence-electron chi connectivity index (χ3n) is 8.05. The third-order valence-corrected chi connectivity index (χ3v) is 8.05. The Kier molecular flexibility index (Phi) is 6.95. The standard InChI is InChI=1S/C32H34O4/c1-3-20-8-10-23-15-21(14-22-6-4-5-7-27(22)23)16-29-28-13-11-24(30(34)19-26(33)12-9-20)17-25(28)18-31(36-2)32(29)35/h4-7,14-15,17-18,20,35H,3,8-13,16,19H2,1-2H3/t20-/m1/s1. The molecule has 4 nitrogen and oxygen atoms in total. The van der Waals surface area contributed by atoms with E-state index in [1.54, 1.807) is 7.11 Å². The van der Waals surface area contributed by atoms with Crippen LogP contribution in [-0.4, -0.2) is 23.8 Å². The molecule has 3 aliphatic rings. The lowest BCUT2D eigenvalue weighted by Crippen LogP contribution is -2.15. The Morgan fingerprint density at radius 3 is 2.56 bits per heavy atom. The number of phenols is 1. The Labute approximate surface area is 213 Å². The van der Waals surface area contributed by atoms with Gasteiger partial charge in [0.15, 0.2) is 17.3 Å². The highest BCUT2D eigenvalue weighted by Gasteiger charge is 2.25. The number of phenolic OH excluding ortho intramolecular Hbond substituents is 1. The fourth-order valence-electron chi connectivity index (χ4n) is 5.90. The summed E-state index contributed by atoms with van der Waals surface area (Å²) in [5, 5.41) is 13.6. The second-order valence-electron chi connectivity index (χ2n) is 10.3. The second kappa shape index (κ2) is 10.3. The molecule has 3 aromatic rings. The summed E-state index contributed by atoms with van der Waals surface area (Å²) in [5.74, 6) is 0.992. The van der Waals surface area contributed by atoms with Gasteiger partial charge in [-0.25, -0.2) is 0 Å². The molecule has 0 fully saturated rings. The molecule has 6 rings (SSSR count). The van der Waals surface area contributed by atoms with E-state index >= 15 is 0 Å². The van der Waals surface area contributed by atoms with Crippen LogP contribution >= 0.6 is 0 Å². The van der Waals surface area contributed by atoms with Crippen LogP contribution in [0.15, 0.2) is 48.0 Å². The van der Waals surface area contributed by atoms with Crippen LogP contribution in [0.2, 0.25) is 0 Å². The number of fused-ring (bicyclic) bond motifs is 9. The van der Waals surface area contributed by atoms with Crippen LogP contribution < -0.4 is 4.74 Å². The van der Waals surface area contributed by atoms with Crippen molar-refractivity contribution in [1.29, 1.82) is 0 Å². The number of rotatable bonds is 2. The van der Waals surface area contributed by atoms with Gasteiger partial charge in [-0.2, -0.15) is 0 Å². The first-order chi connectivity index (χ1) is 17.5. The van der Waals surface area contributed by atoms with Crippen molar-refractivity contribution < 1.29 is 19.4 Å². The van der Waals surface area contributed by atoms with Crippen molar-refractivity contribution in [3.8, 4) is 11.5 Å². The zero-order valence-electron chi connectivity index (χ0n) is 21.2. The molecule has 1 atom stereocenters. The first-order valence-corrected chi connectivity index (χ1v) is 13.1. The maximum atomic E-state index is 13.0. The predicted octanol–water partition coefficient (Wildman–Crippen LogP) is 6.76. The topological polar surface area (TPSA) is 63.6 Å². The van der Waals surface area contributed by atoms with E-state index in [0.29, 0.717) is 42.9 Å². The Morgan fingerprint density at radius 2 is 1.75 bits per heavy atom. The minimum absolute atomic E-state index is 0.0227. The number of benzene rings is 3. The van der Waals surface area contributed by atoms with Crippen molar-refractivity contribution in [2.45, 2.75) is 64.7 Å². The van der Waals surface area contributed by atoms with E-state index in [9.17, 15) is 14.7 Å². The van der Waals surface area contributed by atoms with Crippen molar-refractivity contribution in [2.75, 3.05) is 7.11 Å². The lowest BCUT2D eigenvalue weighted by atomic mass is 9.83. The maximum Gasteiger partial charge on any atom is 0.166 e. The van der Waals surface area contributed by atoms with Gasteiger partial charge in [0, 0.05) is 18.4 Å². The lowest BCUT2D eigenvalue weighted by Gasteiger charge is -2.22. The summed E-state index contributed by atoms with van der Waals surface area (Å²) in [6.45, 7) is 2.19. The molecule has 186 valence electrons. The number of aryl methyl sites for hydroxylation is 1. The first kappa shape index (κ1) is 24.3. The number of hydrogen-bond donors (Lipinski definition) is 1. The van der Waals surface area contributed by atoms with E-state index in [2.05, 4.69) is 43.3 Å². The number of methoxy groups -OCH3 is 1. The average molecular weight is 483 g/mol. The van der Waals surface area contributed by atoms with Crippen LogP contribution in [0.4, 0.5) is 0 Å². The highest BCUT2D eigenvalue weighted by Crippen LogP contribution is 2.41. The Morgan fingerprint density at radius 1 is 0.944 bits per heavy atom. The highest BCUT2D eigenvalue weighted by molar-refractivity contribution is 6.10. The van der Waals surface area contributed by atoms with Gasteiger partial charge in [0.25, 0.3) is 0 Å². The van der Waals surface area contributed by atoms with Crippen LogP contribution in [0.1, 0.15) is 73.3 Å². The number of allylic oxidation sites excluding steroid dienone is 1. The molecule has 0 heterocycles. The molecule has 0 spiro atoms. The summed E-state index contributed by atoms with van der Waals surface area (Å²) in [4.78, 5) is 25.7. The van der Waals surface area contributed by atoms with E-state index in [4.69, 9.17) is 4.74 Å². The minimum Gasteiger partial charge on any atom is -0.504 e. The summed E-state index contributed by atoms with van der Waals surface area (Å²) in [6.07, 6.45) is 7.97. The van der Waals surface area contributed by atoms with Gasteiger partial charge in [0.05, 0.1) is 13.5 Å². The highest BCUT2D eigenvalue weighted by atomic mass is 16.5. The van der Waals surface area contributed by atoms with Crippen LogP contribution in [0.5, 0.6) is 11.5 Å². The molecule has 0 aromatic heterocycles. The van der Waals surface area contributed by atoms with Crippen molar-refractivity contribution in [2.24, 2.45) is 5.92 Å². The third kappa shape index (κ3) is 4.82. The molecule has 0 saturated carbocycles. The molecule has 0 unspecified atom stereocenters. The van der Waals surface area contributed by atoms with Crippen molar-refractivity contribution >= 4 is 28.4 Å². The summed E-state index contributed by atoms with van der Waals surface area (Å²) in [7, 11) is 1.55. The van der Waals surface area contributed by atoms with E-state index in [0.717, 1.165) is 47.9 Å². The number of Topliss-reactive ketones (excluding diaryl/α,β-unsaturated/α-hetero) is 2. The van der Waals surface area contributed by atoms with Crippen LogP contribution in [0, 0.1) is 5.92 Å². The van der Waals surface area contributed by atoms with E-state index in [1.165, 1.54) is 16.3 Å². The van der Waals surface area contributed by atoms with Gasteiger partial charge in [-0.05, 0) is 88.8 Å². The molecular formula is C32H34O4. The molecule has 4 heteroatoms. The Balaban J connectivity index is 1.66. The Hall–Kier alpha value is -3.40. The number of aromatic hydroxyl groups is 1. The smallest absolute Gasteiger partial charge is 0.166 e. The lowest BCUT2D eigenvalue weighted by molar-refractivity contribution is -0.125. The van der Waals surface area contributed by atoms with Crippen molar-refractivity contribution in [1.82, 2.24) is 0 Å². The zero-order chi connectivity index (χ0) is 25.2. The quantitative estimate of drug-likeness (QED) is 0.410. The number of ether oxygens (including phenoxy) is 1. The van der Waals surface area contributed by atoms with Crippen molar-refractivity contribution in [3.63, 3.8) is 0 Å². The molecular weight excluding hydrogens is 448 g/mol. The first-order valence-electron chi connectivity index (χ1n) is 13.1. The number of carbonyl (C=O) groups is 2. The van der Waals surface area contributed by atoms with Gasteiger partial charge in [-0.1, -0.05) is 49.7 Å². The fraction of sp³-hybridized carbons (Fsp3) is 0.375. The number of ketones is 2. The van der Waals surface area contributed by atoms with Crippen LogP contribution in [0.3, 0.4) is 0 Å². The van der Waals surface area contributed by atoms with Gasteiger partial charge >= 0.3 is 0 Å². The molecule has 0 aliphatic heterocycles. The summed E-state index contributed by atoms with van der Waals surface area (Å²) < 4.78 is 5.51. The number of carbonyl (C=O) groups excluding carboxylic acids is 2. The maximum absolute atomic E-state index is 13.0. The molecule has 36 heavy (non-hydrogen) atoms. The molecule has 6 bridgehead atoms. The average Bonchev–Trinajstić information content (AvgIpc) is 2.89. The van der Waals surface area contributed by atoms with E-state index in [-0.39, 0.29) is 23.7 Å². The largest absolute Gasteiger partial charge is 0.504 e. The van der Waals surface area contributed by atoms with E-state index < -0.39 is 0 Å². The van der Waals surface area contributed by atoms with E-state index in [1.807, 2.05) is 12.1 Å². The van der Waals surface area contributed by atoms with Gasteiger partial charge in [-0.15, -0.1) is 0 Å². The zero-order valence-corrected chi connectivity index (χ0v) is 21.2. The van der Waals surface area contributed by atoms with Gasteiger partial charge in [0.2, 0.25) is 0 Å². The predicted molar refractivity (Wildman–Crippen MR) is 144 cm³/mol.